The monoisotopic (exact) mass is 626 g/mol. The summed E-state index contributed by atoms with van der Waals surface area (Å²) in [5, 5.41) is 4.56. The molecule has 1 N–H and O–H groups in total. The molecule has 0 atom stereocenters. The topological polar surface area (TPSA) is 77.4 Å². The molecule has 5 rings (SSSR count). The van der Waals surface area contributed by atoms with Crippen LogP contribution in [0.3, 0.4) is 0 Å². The molecule has 0 radical (unpaired) electrons. The van der Waals surface area contributed by atoms with E-state index < -0.39 is 0 Å². The summed E-state index contributed by atoms with van der Waals surface area (Å²) in [7, 11) is 1.65. The number of nitrogens with zero attached hydrogens (tertiary/aromatic N) is 1. The van der Waals surface area contributed by atoms with E-state index in [0.29, 0.717) is 61.9 Å². The molecule has 45 heavy (non-hydrogen) atoms. The standard InChI is InChI=1S/C38H43ClN2O4/c1-4-6-7-8-9-10-11-12-13-16-23-45-32-22-19-25(39)24-29(32)40-28-20-21-30-35-33(36(31(42)5-2)38(44)41(30)3)26-17-14-15-18-27(26)37(43)34(28)35/h14-15,17-22,24,40H,4-13,16,23H2,1-3H3. The molecule has 4 aromatic rings. The highest BCUT2D eigenvalue weighted by Gasteiger charge is 2.33. The zero-order chi connectivity index (χ0) is 31.9. The van der Waals surface area contributed by atoms with Gasteiger partial charge in [-0.25, -0.2) is 0 Å². The molecule has 0 amide bonds. The summed E-state index contributed by atoms with van der Waals surface area (Å²) in [5.41, 5.74) is 3.56. The lowest BCUT2D eigenvalue weighted by Crippen LogP contribution is -2.28. The van der Waals surface area contributed by atoms with Crippen molar-refractivity contribution in [2.45, 2.75) is 84.5 Å². The van der Waals surface area contributed by atoms with Gasteiger partial charge in [0.15, 0.2) is 11.6 Å². The third kappa shape index (κ3) is 6.86. The quantitative estimate of drug-likeness (QED) is 0.0871. The van der Waals surface area contributed by atoms with E-state index in [-0.39, 0.29) is 29.1 Å². The van der Waals surface area contributed by atoms with E-state index in [1.807, 2.05) is 24.3 Å². The number of halogens is 1. The Labute approximate surface area is 270 Å². The summed E-state index contributed by atoms with van der Waals surface area (Å²) in [6.45, 7) is 4.57. The normalized spacial score (nSPS) is 12.0. The maximum absolute atomic E-state index is 14.1. The third-order valence-corrected chi connectivity index (χ3v) is 9.03. The largest absolute Gasteiger partial charge is 0.491 e. The number of nitrogens with one attached hydrogen (secondary N) is 1. The van der Waals surface area contributed by atoms with Crippen LogP contribution in [0.5, 0.6) is 5.75 Å². The van der Waals surface area contributed by atoms with Crippen molar-refractivity contribution in [1.29, 1.82) is 0 Å². The van der Waals surface area contributed by atoms with Crippen LogP contribution in [-0.4, -0.2) is 22.7 Å². The molecule has 236 valence electrons. The summed E-state index contributed by atoms with van der Waals surface area (Å²) >= 11 is 6.43. The average molecular weight is 627 g/mol. The minimum atomic E-state index is -0.363. The Morgan fingerprint density at radius 3 is 2.16 bits per heavy atom. The number of benzene rings is 3. The van der Waals surface area contributed by atoms with Crippen molar-refractivity contribution in [2.24, 2.45) is 7.05 Å². The van der Waals surface area contributed by atoms with Gasteiger partial charge in [0.25, 0.3) is 5.56 Å². The van der Waals surface area contributed by atoms with Crippen molar-refractivity contribution in [3.8, 4) is 16.9 Å². The molecule has 1 aromatic heterocycles. The zero-order valence-electron chi connectivity index (χ0n) is 26.6. The number of aryl methyl sites for hydroxylation is 1. The van der Waals surface area contributed by atoms with Gasteiger partial charge >= 0.3 is 0 Å². The Balaban J connectivity index is 1.42. The molecule has 3 aromatic carbocycles. The Morgan fingerprint density at radius 1 is 0.800 bits per heavy atom. The van der Waals surface area contributed by atoms with Gasteiger partial charge in [0.05, 0.1) is 34.6 Å². The Morgan fingerprint density at radius 2 is 1.47 bits per heavy atom. The number of anilines is 2. The summed E-state index contributed by atoms with van der Waals surface area (Å²) in [6, 6.07) is 16.3. The second-order valence-electron chi connectivity index (χ2n) is 11.9. The summed E-state index contributed by atoms with van der Waals surface area (Å²) in [6.07, 6.45) is 12.7. The highest BCUT2D eigenvalue weighted by molar-refractivity contribution is 6.31. The van der Waals surface area contributed by atoms with Crippen LogP contribution in [0.15, 0.2) is 59.4 Å². The molecule has 0 bridgehead atoms. The number of unbranched alkanes of at least 4 members (excludes halogenated alkanes) is 9. The number of rotatable bonds is 16. The van der Waals surface area contributed by atoms with Gasteiger partial charge in [-0.1, -0.05) is 108 Å². The highest BCUT2D eigenvalue weighted by atomic mass is 35.5. The first-order chi connectivity index (χ1) is 21.9. The van der Waals surface area contributed by atoms with Crippen LogP contribution in [0.25, 0.3) is 22.0 Å². The van der Waals surface area contributed by atoms with Crippen molar-refractivity contribution in [3.63, 3.8) is 0 Å². The van der Waals surface area contributed by atoms with Gasteiger partial charge in [0.1, 0.15) is 5.75 Å². The number of ketones is 2. The summed E-state index contributed by atoms with van der Waals surface area (Å²) < 4.78 is 7.69. The predicted molar refractivity (Wildman–Crippen MR) is 185 cm³/mol. The van der Waals surface area contributed by atoms with Gasteiger partial charge in [0, 0.05) is 35.0 Å². The molecular formula is C38H43ClN2O4. The lowest BCUT2D eigenvalue weighted by molar-refractivity contribution is 0.0984. The molecule has 1 heterocycles. The van der Waals surface area contributed by atoms with Gasteiger partial charge < -0.3 is 14.6 Å². The van der Waals surface area contributed by atoms with Crippen LogP contribution in [0, 0.1) is 0 Å². The smallest absolute Gasteiger partial charge is 0.262 e. The number of hydrogen-bond acceptors (Lipinski definition) is 5. The van der Waals surface area contributed by atoms with Crippen molar-refractivity contribution in [2.75, 3.05) is 11.9 Å². The van der Waals surface area contributed by atoms with Crippen LogP contribution >= 0.6 is 11.6 Å². The number of pyridine rings is 1. The minimum absolute atomic E-state index is 0.120. The van der Waals surface area contributed by atoms with Crippen molar-refractivity contribution < 1.29 is 14.3 Å². The van der Waals surface area contributed by atoms with Crippen LogP contribution in [0.1, 0.15) is 111 Å². The second kappa shape index (κ2) is 14.9. The van der Waals surface area contributed by atoms with E-state index >= 15 is 0 Å². The number of Topliss-reactive ketones (excluding diaryl/α,β-unsaturated/α-hetero) is 1. The maximum atomic E-state index is 14.1. The van der Waals surface area contributed by atoms with E-state index in [0.717, 1.165) is 12.8 Å². The molecular weight excluding hydrogens is 584 g/mol. The molecule has 6 nitrogen and oxygen atoms in total. The molecule has 0 unspecified atom stereocenters. The number of fused-ring (bicyclic) bond motifs is 2. The Hall–Kier alpha value is -3.90. The third-order valence-electron chi connectivity index (χ3n) is 8.80. The highest BCUT2D eigenvalue weighted by Crippen LogP contribution is 2.44. The molecule has 1 aliphatic rings. The molecule has 0 spiro atoms. The molecule has 7 heteroatoms. The Bertz CT molecular complexity index is 1770. The predicted octanol–water partition coefficient (Wildman–Crippen LogP) is 10.0. The van der Waals surface area contributed by atoms with E-state index in [4.69, 9.17) is 16.3 Å². The Kier molecular flexibility index (Phi) is 10.8. The average Bonchev–Trinajstić information content (AvgIpc) is 3.05. The van der Waals surface area contributed by atoms with Gasteiger partial charge in [-0.3, -0.25) is 14.4 Å². The van der Waals surface area contributed by atoms with Crippen molar-refractivity contribution in [3.05, 3.63) is 86.7 Å². The summed E-state index contributed by atoms with van der Waals surface area (Å²) in [4.78, 5) is 40.8. The molecule has 0 saturated carbocycles. The fraction of sp³-hybridized carbons (Fsp3) is 0.395. The number of aromatic nitrogens is 1. The number of carbonyl (C=O) groups excluding carboxylic acids is 2. The minimum Gasteiger partial charge on any atom is -0.491 e. The van der Waals surface area contributed by atoms with Gasteiger partial charge in [0.2, 0.25) is 0 Å². The fourth-order valence-corrected chi connectivity index (χ4v) is 6.53. The number of ether oxygens (including phenoxy) is 1. The van der Waals surface area contributed by atoms with Gasteiger partial charge in [-0.2, -0.15) is 0 Å². The maximum Gasteiger partial charge on any atom is 0.262 e. The van der Waals surface area contributed by atoms with Gasteiger partial charge in [-0.15, -0.1) is 0 Å². The fourth-order valence-electron chi connectivity index (χ4n) is 6.35. The zero-order valence-corrected chi connectivity index (χ0v) is 27.4. The van der Waals surface area contributed by atoms with E-state index in [9.17, 15) is 14.4 Å². The SMILES string of the molecule is CCCCCCCCCCCCOc1ccc(Cl)cc1Nc1ccc2c3c1C(=O)c1ccccc1-c3c(C(=O)CC)c(=O)n2C. The van der Waals surface area contributed by atoms with E-state index in [2.05, 4.69) is 12.2 Å². The number of hydrogen-bond donors (Lipinski definition) is 1. The lowest BCUT2D eigenvalue weighted by atomic mass is 9.80. The summed E-state index contributed by atoms with van der Waals surface area (Å²) in [5.74, 6) is 0.224. The molecule has 1 aliphatic carbocycles. The molecule has 0 fully saturated rings. The van der Waals surface area contributed by atoms with Crippen LogP contribution < -0.4 is 15.6 Å². The molecule has 0 aliphatic heterocycles. The first kappa shape index (κ1) is 32.5. The van der Waals surface area contributed by atoms with Gasteiger partial charge in [-0.05, 0) is 42.3 Å². The van der Waals surface area contributed by atoms with Crippen LogP contribution in [-0.2, 0) is 7.05 Å². The van der Waals surface area contributed by atoms with Crippen molar-refractivity contribution >= 4 is 45.4 Å². The first-order valence-corrected chi connectivity index (χ1v) is 16.8. The lowest BCUT2D eigenvalue weighted by Gasteiger charge is -2.26. The number of carbonyl (C=O) groups is 2. The van der Waals surface area contributed by atoms with E-state index in [1.165, 1.54) is 55.9 Å². The van der Waals surface area contributed by atoms with Crippen molar-refractivity contribution in [1.82, 2.24) is 4.57 Å². The van der Waals surface area contributed by atoms with Crippen LogP contribution in [0.4, 0.5) is 11.4 Å². The first-order valence-electron chi connectivity index (χ1n) is 16.4. The second-order valence-corrected chi connectivity index (χ2v) is 12.4. The molecule has 0 saturated heterocycles. The van der Waals surface area contributed by atoms with E-state index in [1.54, 1.807) is 44.3 Å². The van der Waals surface area contributed by atoms with Crippen LogP contribution in [0.2, 0.25) is 5.02 Å².